The number of amides is 1. The second kappa shape index (κ2) is 6.34. The maximum Gasteiger partial charge on any atom is 0.307 e. The standard InChI is InChI=1S/C16H27NO4/c1-10-4-3-5-16(8-10,9-18)17-14(19)12-6-11(2)7-13(12)15(20)21/h10-13,18H,3-9H2,1-2H3,(H,17,19)(H,20,21)/t10?,11?,12-,13+,16?/m0/s1. The van der Waals surface area contributed by atoms with Gasteiger partial charge >= 0.3 is 5.97 Å². The Hall–Kier alpha value is -1.10. The number of carbonyl (C=O) groups excluding carboxylic acids is 1. The number of hydrogen-bond donors (Lipinski definition) is 3. The minimum atomic E-state index is -0.880. The van der Waals surface area contributed by atoms with Crippen LogP contribution in [-0.4, -0.2) is 34.2 Å². The lowest BCUT2D eigenvalue weighted by molar-refractivity contribution is -0.146. The van der Waals surface area contributed by atoms with Crippen LogP contribution in [-0.2, 0) is 9.59 Å². The number of rotatable bonds is 4. The maximum atomic E-state index is 12.6. The van der Waals surface area contributed by atoms with Crippen molar-refractivity contribution in [1.82, 2.24) is 5.32 Å². The van der Waals surface area contributed by atoms with Gasteiger partial charge in [0.25, 0.3) is 0 Å². The Labute approximate surface area is 126 Å². The summed E-state index contributed by atoms with van der Waals surface area (Å²) in [6.45, 7) is 4.06. The zero-order valence-electron chi connectivity index (χ0n) is 13.0. The molecule has 1 amide bonds. The Morgan fingerprint density at radius 2 is 1.86 bits per heavy atom. The van der Waals surface area contributed by atoms with E-state index in [1.165, 1.54) is 0 Å². The Morgan fingerprint density at radius 1 is 1.19 bits per heavy atom. The van der Waals surface area contributed by atoms with Gasteiger partial charge in [0.05, 0.1) is 24.0 Å². The van der Waals surface area contributed by atoms with E-state index in [9.17, 15) is 19.8 Å². The summed E-state index contributed by atoms with van der Waals surface area (Å²) in [5, 5.41) is 22.0. The van der Waals surface area contributed by atoms with Gasteiger partial charge in [-0.1, -0.05) is 26.7 Å². The Bertz CT molecular complexity index is 411. The van der Waals surface area contributed by atoms with Gasteiger partial charge < -0.3 is 15.5 Å². The van der Waals surface area contributed by atoms with E-state index in [2.05, 4.69) is 12.2 Å². The average Bonchev–Trinajstić information content (AvgIpc) is 2.81. The Morgan fingerprint density at radius 3 is 2.43 bits per heavy atom. The minimum absolute atomic E-state index is 0.0664. The van der Waals surface area contributed by atoms with E-state index in [1.807, 2.05) is 6.92 Å². The summed E-state index contributed by atoms with van der Waals surface area (Å²) in [5.74, 6) is -1.37. The molecule has 5 nitrogen and oxygen atoms in total. The van der Waals surface area contributed by atoms with Crippen LogP contribution in [0.3, 0.4) is 0 Å². The molecular formula is C16H27NO4. The number of carboxylic acids is 1. The van der Waals surface area contributed by atoms with E-state index >= 15 is 0 Å². The first-order valence-corrected chi connectivity index (χ1v) is 8.02. The fourth-order valence-corrected chi connectivity index (χ4v) is 4.17. The van der Waals surface area contributed by atoms with Gasteiger partial charge in [0, 0.05) is 0 Å². The summed E-state index contributed by atoms with van der Waals surface area (Å²) < 4.78 is 0. The van der Waals surface area contributed by atoms with Crippen molar-refractivity contribution in [2.75, 3.05) is 6.61 Å². The molecule has 0 radical (unpaired) electrons. The van der Waals surface area contributed by atoms with E-state index in [1.54, 1.807) is 0 Å². The molecule has 5 heteroatoms. The van der Waals surface area contributed by atoms with Crippen LogP contribution in [0.2, 0.25) is 0 Å². The lowest BCUT2D eigenvalue weighted by Gasteiger charge is -2.40. The zero-order chi connectivity index (χ0) is 15.6. The normalized spacial score (nSPS) is 40.0. The largest absolute Gasteiger partial charge is 0.481 e. The molecule has 3 N–H and O–H groups in total. The number of nitrogens with one attached hydrogen (secondary N) is 1. The quantitative estimate of drug-likeness (QED) is 0.738. The van der Waals surface area contributed by atoms with Crippen LogP contribution in [0.1, 0.15) is 52.4 Å². The average molecular weight is 297 g/mol. The van der Waals surface area contributed by atoms with Crippen molar-refractivity contribution >= 4 is 11.9 Å². The fourth-order valence-electron chi connectivity index (χ4n) is 4.17. The molecule has 2 aliphatic rings. The van der Waals surface area contributed by atoms with Crippen LogP contribution >= 0.6 is 0 Å². The van der Waals surface area contributed by atoms with Crippen molar-refractivity contribution in [3.05, 3.63) is 0 Å². The molecule has 0 saturated heterocycles. The topological polar surface area (TPSA) is 86.6 Å². The molecule has 0 aromatic carbocycles. The van der Waals surface area contributed by atoms with Crippen LogP contribution in [0.5, 0.6) is 0 Å². The summed E-state index contributed by atoms with van der Waals surface area (Å²) >= 11 is 0. The van der Waals surface area contributed by atoms with Gasteiger partial charge in [0.1, 0.15) is 0 Å². The molecule has 0 aliphatic heterocycles. The van der Waals surface area contributed by atoms with Crippen molar-refractivity contribution in [2.24, 2.45) is 23.7 Å². The van der Waals surface area contributed by atoms with Crippen molar-refractivity contribution < 1.29 is 19.8 Å². The van der Waals surface area contributed by atoms with Crippen molar-refractivity contribution in [3.63, 3.8) is 0 Å². The molecule has 2 fully saturated rings. The molecule has 2 saturated carbocycles. The second-order valence-electron chi connectivity index (χ2n) is 7.26. The lowest BCUT2D eigenvalue weighted by Crippen LogP contribution is -2.55. The summed E-state index contributed by atoms with van der Waals surface area (Å²) in [7, 11) is 0. The highest BCUT2D eigenvalue weighted by Gasteiger charge is 2.44. The molecule has 21 heavy (non-hydrogen) atoms. The zero-order valence-corrected chi connectivity index (χ0v) is 13.0. The van der Waals surface area contributed by atoms with Gasteiger partial charge in [-0.15, -0.1) is 0 Å². The number of aliphatic carboxylic acids is 1. The van der Waals surface area contributed by atoms with Crippen LogP contribution in [0.25, 0.3) is 0 Å². The molecule has 2 rings (SSSR count). The van der Waals surface area contributed by atoms with Crippen LogP contribution in [0, 0.1) is 23.7 Å². The van der Waals surface area contributed by atoms with Gasteiger partial charge in [0.15, 0.2) is 0 Å². The Balaban J connectivity index is 2.07. The smallest absolute Gasteiger partial charge is 0.307 e. The predicted molar refractivity (Wildman–Crippen MR) is 78.6 cm³/mol. The molecular weight excluding hydrogens is 270 g/mol. The van der Waals surface area contributed by atoms with Crippen LogP contribution in [0.4, 0.5) is 0 Å². The molecule has 2 aliphatic carbocycles. The van der Waals surface area contributed by atoms with E-state index in [0.717, 1.165) is 25.7 Å². The second-order valence-corrected chi connectivity index (χ2v) is 7.26. The molecule has 0 bridgehead atoms. The van der Waals surface area contributed by atoms with Gasteiger partial charge in [-0.3, -0.25) is 9.59 Å². The van der Waals surface area contributed by atoms with Crippen molar-refractivity contribution in [1.29, 1.82) is 0 Å². The molecule has 0 spiro atoms. The molecule has 0 heterocycles. The number of aliphatic hydroxyl groups excluding tert-OH is 1. The number of aliphatic hydroxyl groups is 1. The third-order valence-corrected chi connectivity index (χ3v) is 5.23. The summed E-state index contributed by atoms with van der Waals surface area (Å²) in [6.07, 6.45) is 4.85. The molecule has 120 valence electrons. The summed E-state index contributed by atoms with van der Waals surface area (Å²) in [6, 6.07) is 0. The number of hydrogen-bond acceptors (Lipinski definition) is 3. The van der Waals surface area contributed by atoms with Gasteiger partial charge in [-0.05, 0) is 37.5 Å². The third-order valence-electron chi connectivity index (χ3n) is 5.23. The van der Waals surface area contributed by atoms with Crippen LogP contribution in [0.15, 0.2) is 0 Å². The number of carboxylic acid groups (broad SMARTS) is 1. The number of carbonyl (C=O) groups is 2. The molecule has 5 atom stereocenters. The monoisotopic (exact) mass is 297 g/mol. The SMILES string of the molecule is CC1C[C@H](C(=O)NC2(CO)CCCC(C)C2)[C@H](C(=O)O)C1. The van der Waals surface area contributed by atoms with E-state index in [0.29, 0.717) is 18.8 Å². The van der Waals surface area contributed by atoms with E-state index < -0.39 is 23.3 Å². The molecule has 0 aromatic rings. The highest BCUT2D eigenvalue weighted by Crippen LogP contribution is 2.38. The first-order chi connectivity index (χ1) is 9.87. The summed E-state index contributed by atoms with van der Waals surface area (Å²) in [4.78, 5) is 23.9. The van der Waals surface area contributed by atoms with E-state index in [-0.39, 0.29) is 18.4 Å². The summed E-state index contributed by atoms with van der Waals surface area (Å²) in [5.41, 5.74) is -0.552. The van der Waals surface area contributed by atoms with Gasteiger partial charge in [0.2, 0.25) is 5.91 Å². The third kappa shape index (κ3) is 3.57. The lowest BCUT2D eigenvalue weighted by atomic mass is 9.76. The maximum absolute atomic E-state index is 12.6. The molecule has 0 aromatic heterocycles. The Kier molecular flexibility index (Phi) is 4.91. The minimum Gasteiger partial charge on any atom is -0.481 e. The van der Waals surface area contributed by atoms with Crippen molar-refractivity contribution in [3.8, 4) is 0 Å². The van der Waals surface area contributed by atoms with E-state index in [4.69, 9.17) is 0 Å². The van der Waals surface area contributed by atoms with Gasteiger partial charge in [-0.2, -0.15) is 0 Å². The first-order valence-electron chi connectivity index (χ1n) is 8.02. The molecule has 3 unspecified atom stereocenters. The van der Waals surface area contributed by atoms with Crippen LogP contribution < -0.4 is 5.32 Å². The van der Waals surface area contributed by atoms with Crippen molar-refractivity contribution in [2.45, 2.75) is 57.9 Å². The fraction of sp³-hybridized carbons (Fsp3) is 0.875. The first kappa shape index (κ1) is 16.3. The highest BCUT2D eigenvalue weighted by molar-refractivity contribution is 5.85. The highest BCUT2D eigenvalue weighted by atomic mass is 16.4. The predicted octanol–water partition coefficient (Wildman–Crippen LogP) is 1.79. The van der Waals surface area contributed by atoms with Gasteiger partial charge in [-0.25, -0.2) is 0 Å².